The molecule has 0 saturated carbocycles. The Morgan fingerprint density at radius 3 is 2.76 bits per heavy atom. The number of hydrogen-bond donors (Lipinski definition) is 2. The molecule has 4 aromatic heterocycles. The van der Waals surface area contributed by atoms with Gasteiger partial charge in [0.2, 0.25) is 0 Å². The number of hydrogen-bond acceptors (Lipinski definition) is 8. The molecule has 0 unspecified atom stereocenters. The van der Waals surface area contributed by atoms with Gasteiger partial charge in [0.1, 0.15) is 5.52 Å². The molecule has 10 nitrogen and oxygen atoms in total. The van der Waals surface area contributed by atoms with E-state index in [2.05, 4.69) is 29.0 Å². The fourth-order valence-corrected chi connectivity index (χ4v) is 6.09. The highest BCUT2D eigenvalue weighted by Crippen LogP contribution is 2.32. The Morgan fingerprint density at radius 2 is 2.00 bits per heavy atom. The Kier molecular flexibility index (Phi) is 5.41. The van der Waals surface area contributed by atoms with Gasteiger partial charge in [-0.05, 0) is 18.6 Å². The van der Waals surface area contributed by atoms with Crippen molar-refractivity contribution in [2.75, 3.05) is 42.2 Å². The first-order valence-electron chi connectivity index (χ1n) is 10.9. The number of rotatable bonds is 5. The maximum atomic E-state index is 14.8. The summed E-state index contributed by atoms with van der Waals surface area (Å²) in [5, 5.41) is 11.8. The minimum absolute atomic E-state index is 0.120. The van der Waals surface area contributed by atoms with Crippen LogP contribution in [-0.4, -0.2) is 82.9 Å². The van der Waals surface area contributed by atoms with Crippen LogP contribution in [-0.2, 0) is 4.74 Å². The van der Waals surface area contributed by atoms with Crippen LogP contribution in [0.15, 0.2) is 36.8 Å². The molecule has 0 spiro atoms. The molecular formula is C21H22F2IN9O. The molecule has 6 rings (SSSR count). The first-order valence-corrected chi connectivity index (χ1v) is 13.0. The molecule has 2 fully saturated rings. The van der Waals surface area contributed by atoms with Gasteiger partial charge in [-0.25, -0.2) is 14.0 Å². The fourth-order valence-electron chi connectivity index (χ4n) is 4.21. The van der Waals surface area contributed by atoms with Crippen LogP contribution in [0, 0.1) is 0 Å². The molecule has 4 aromatic rings. The highest BCUT2D eigenvalue weighted by atomic mass is 127. The molecule has 6 heterocycles. The van der Waals surface area contributed by atoms with Gasteiger partial charge in [0.15, 0.2) is 11.5 Å². The molecule has 0 amide bonds. The Bertz CT molecular complexity index is 1400. The van der Waals surface area contributed by atoms with E-state index in [9.17, 15) is 8.78 Å². The minimum Gasteiger partial charge on any atom is -0.378 e. The standard InChI is InChI=1S/C21H22F2IN9O/c1-25-19-18-14(15-4-9-32-17(27-15)2-6-26-32)3-8-33(18)30-20(28-19)29-24-16-5-7-31(12-21(16,22)23)13-10-34-11-13/h2-4,6,8-9,13H,5,7,10-12H2,1H3,(H2,25,28,29,30). The second-order valence-electron chi connectivity index (χ2n) is 8.21. The maximum Gasteiger partial charge on any atom is 0.288 e. The number of nitrogens with zero attached hydrogens (tertiary/aromatic N) is 7. The van der Waals surface area contributed by atoms with E-state index >= 15 is 0 Å². The van der Waals surface area contributed by atoms with Crippen LogP contribution in [0.1, 0.15) is 6.42 Å². The van der Waals surface area contributed by atoms with E-state index in [0.717, 1.165) is 22.4 Å². The van der Waals surface area contributed by atoms with E-state index in [1.54, 1.807) is 22.3 Å². The fraction of sp³-hybridized carbons (Fsp3) is 0.381. The van der Waals surface area contributed by atoms with Crippen molar-refractivity contribution in [3.63, 3.8) is 0 Å². The summed E-state index contributed by atoms with van der Waals surface area (Å²) in [5.74, 6) is -1.90. The molecule has 0 radical (unpaired) electrons. The van der Waals surface area contributed by atoms with Crippen molar-refractivity contribution in [1.82, 2.24) is 34.1 Å². The molecule has 34 heavy (non-hydrogen) atoms. The summed E-state index contributed by atoms with van der Waals surface area (Å²) in [5.41, 5.74) is 3.13. The summed E-state index contributed by atoms with van der Waals surface area (Å²) in [6.45, 7) is 1.49. The number of halogens is 3. The zero-order chi connectivity index (χ0) is 23.3. The zero-order valence-electron chi connectivity index (χ0n) is 18.2. The lowest BCUT2D eigenvalue weighted by Gasteiger charge is -2.42. The summed E-state index contributed by atoms with van der Waals surface area (Å²) in [7, 11) is 1.77. The lowest BCUT2D eigenvalue weighted by molar-refractivity contribution is -0.0927. The van der Waals surface area contributed by atoms with Gasteiger partial charge in [-0.3, -0.25) is 4.90 Å². The summed E-state index contributed by atoms with van der Waals surface area (Å²) in [4.78, 5) is 11.1. The molecule has 0 atom stereocenters. The van der Waals surface area contributed by atoms with Crippen LogP contribution in [0.5, 0.6) is 0 Å². The van der Waals surface area contributed by atoms with Crippen molar-refractivity contribution < 1.29 is 13.5 Å². The minimum atomic E-state index is -2.82. The van der Waals surface area contributed by atoms with Gasteiger partial charge in [-0.15, -0.1) is 5.10 Å². The molecule has 13 heteroatoms. The topological polar surface area (TPSA) is 96.9 Å². The number of likely N-dealkylation sites (tertiary alicyclic amines) is 1. The van der Waals surface area contributed by atoms with E-state index in [-0.39, 0.29) is 16.1 Å². The summed E-state index contributed by atoms with van der Waals surface area (Å²) >= 11 is -1.15. The van der Waals surface area contributed by atoms with Gasteiger partial charge >= 0.3 is 0 Å². The number of ether oxygens (including phenoxy) is 1. The third-order valence-electron chi connectivity index (χ3n) is 6.08. The molecule has 178 valence electrons. The van der Waals surface area contributed by atoms with E-state index in [4.69, 9.17) is 4.74 Å². The van der Waals surface area contributed by atoms with E-state index in [1.165, 1.54) is 0 Å². The van der Waals surface area contributed by atoms with Gasteiger partial charge in [-0.2, -0.15) is 18.9 Å². The Balaban J connectivity index is 1.28. The molecule has 0 bridgehead atoms. The quantitative estimate of drug-likeness (QED) is 0.275. The summed E-state index contributed by atoms with van der Waals surface area (Å²) < 4.78 is 41.6. The van der Waals surface area contributed by atoms with E-state index in [0.29, 0.717) is 37.9 Å². The highest BCUT2D eigenvalue weighted by Gasteiger charge is 2.44. The first-order chi connectivity index (χ1) is 16.5. The molecule has 0 aromatic carbocycles. The largest absolute Gasteiger partial charge is 0.378 e. The molecule has 2 aliphatic rings. The third-order valence-corrected chi connectivity index (χ3v) is 8.81. The van der Waals surface area contributed by atoms with Crippen molar-refractivity contribution in [1.29, 1.82) is 0 Å². The van der Waals surface area contributed by atoms with Crippen LogP contribution in [0.4, 0.5) is 20.5 Å². The third kappa shape index (κ3) is 3.80. The average molecular weight is 581 g/mol. The zero-order valence-corrected chi connectivity index (χ0v) is 20.4. The summed E-state index contributed by atoms with van der Waals surface area (Å²) in [6.07, 6.45) is 5.74. The van der Waals surface area contributed by atoms with Crippen LogP contribution in [0.2, 0.25) is 0 Å². The predicted octanol–water partition coefficient (Wildman–Crippen LogP) is 2.69. The number of nitrogens with one attached hydrogen (secondary N) is 2. The molecule has 2 saturated heterocycles. The number of aromatic nitrogens is 6. The average Bonchev–Trinajstić information content (AvgIpc) is 3.42. The number of alkyl halides is 2. The van der Waals surface area contributed by atoms with Gasteiger partial charge in [-0.1, -0.05) is 0 Å². The number of fused-ring (bicyclic) bond motifs is 2. The van der Waals surface area contributed by atoms with Crippen molar-refractivity contribution in [2.24, 2.45) is 0 Å². The lowest BCUT2D eigenvalue weighted by Crippen LogP contribution is -2.57. The van der Waals surface area contributed by atoms with Crippen molar-refractivity contribution in [3.05, 3.63) is 36.8 Å². The summed E-state index contributed by atoms with van der Waals surface area (Å²) in [6, 6.07) is 5.75. The Hall–Kier alpha value is -2.78. The van der Waals surface area contributed by atoms with Gasteiger partial charge in [0, 0.05) is 58.6 Å². The second-order valence-corrected chi connectivity index (χ2v) is 10.6. The van der Waals surface area contributed by atoms with Crippen LogP contribution < -0.4 is 8.85 Å². The monoisotopic (exact) mass is 581 g/mol. The SMILES string of the molecule is CNc1nc(NI=C2CCN(C3COC3)CC2(F)F)nn2ccc(-c3ccn4nccc4n3)c12. The molecule has 0 aliphatic carbocycles. The van der Waals surface area contributed by atoms with E-state index < -0.39 is 26.9 Å². The second kappa shape index (κ2) is 8.46. The highest BCUT2D eigenvalue weighted by molar-refractivity contribution is 14.2. The predicted molar refractivity (Wildman–Crippen MR) is 133 cm³/mol. The van der Waals surface area contributed by atoms with Crippen LogP contribution in [0.3, 0.4) is 0 Å². The van der Waals surface area contributed by atoms with Crippen molar-refractivity contribution in [3.8, 4) is 11.3 Å². The van der Waals surface area contributed by atoms with Gasteiger partial charge < -0.3 is 13.6 Å². The maximum absolute atomic E-state index is 14.8. The van der Waals surface area contributed by atoms with Gasteiger partial charge in [0.05, 0.1) is 41.2 Å². The van der Waals surface area contributed by atoms with Crippen molar-refractivity contribution in [2.45, 2.75) is 18.4 Å². The normalized spacial score (nSPS) is 20.4. The molecular weight excluding hydrogens is 559 g/mol. The molecule has 2 N–H and O–H groups in total. The molecule has 2 aliphatic heterocycles. The Labute approximate surface area is 203 Å². The van der Waals surface area contributed by atoms with Crippen LogP contribution >= 0.6 is 21.0 Å². The van der Waals surface area contributed by atoms with Gasteiger partial charge in [0.25, 0.3) is 11.9 Å². The van der Waals surface area contributed by atoms with E-state index in [1.807, 2.05) is 35.5 Å². The Morgan fingerprint density at radius 1 is 1.15 bits per heavy atom. The lowest BCUT2D eigenvalue weighted by atomic mass is 10.0. The van der Waals surface area contributed by atoms with Crippen molar-refractivity contribution >= 4 is 47.4 Å². The smallest absolute Gasteiger partial charge is 0.288 e. The first kappa shape index (κ1) is 21.7. The van der Waals surface area contributed by atoms with Crippen LogP contribution in [0.25, 0.3) is 22.4 Å². The number of piperidine rings is 1. The number of anilines is 2.